The van der Waals surface area contributed by atoms with Gasteiger partial charge in [-0.15, -0.1) is 0 Å². The number of urea groups is 1. The molecule has 2 aromatic heterocycles. The summed E-state index contributed by atoms with van der Waals surface area (Å²) in [5, 5.41) is 6.87. The third kappa shape index (κ3) is 4.08. The van der Waals surface area contributed by atoms with Crippen molar-refractivity contribution in [1.82, 2.24) is 19.9 Å². The highest BCUT2D eigenvalue weighted by Crippen LogP contribution is 2.40. The number of nitrogens with one attached hydrogen (secondary N) is 2. The number of nitrogens with zero attached hydrogens (tertiary/aromatic N) is 4. The highest BCUT2D eigenvalue weighted by atomic mass is 16.2. The van der Waals surface area contributed by atoms with Gasteiger partial charge in [-0.1, -0.05) is 18.2 Å². The number of pyridine rings is 1. The summed E-state index contributed by atoms with van der Waals surface area (Å²) in [4.78, 5) is 42.3. The number of ketones is 1. The van der Waals surface area contributed by atoms with Crippen LogP contribution in [0.5, 0.6) is 0 Å². The van der Waals surface area contributed by atoms with Crippen LogP contribution in [-0.4, -0.2) is 45.9 Å². The number of carbonyl (C=O) groups excluding carboxylic acids is 3. The Morgan fingerprint density at radius 2 is 2.00 bits per heavy atom. The summed E-state index contributed by atoms with van der Waals surface area (Å²) in [5.74, 6) is 12.2. The first-order valence-corrected chi connectivity index (χ1v) is 10.3. The number of hydrogen-bond acceptors (Lipinski definition) is 7. The molecule has 0 unspecified atom stereocenters. The van der Waals surface area contributed by atoms with E-state index in [0.717, 1.165) is 10.7 Å². The van der Waals surface area contributed by atoms with Crippen molar-refractivity contribution in [2.75, 3.05) is 29.3 Å². The Bertz CT molecular complexity index is 1210. The van der Waals surface area contributed by atoms with Gasteiger partial charge in [-0.2, -0.15) is 0 Å². The molecule has 4 rings (SSSR count). The highest BCUT2D eigenvalue weighted by Gasteiger charge is 2.35. The molecule has 3 aromatic rings. The van der Waals surface area contributed by atoms with Gasteiger partial charge in [0.05, 0.1) is 35.7 Å². The number of benzene rings is 1. The van der Waals surface area contributed by atoms with Gasteiger partial charge < -0.3 is 21.4 Å². The van der Waals surface area contributed by atoms with E-state index in [4.69, 9.17) is 11.7 Å². The topological polar surface area (TPSA) is 152 Å². The third-order valence-electron chi connectivity index (χ3n) is 5.32. The van der Waals surface area contributed by atoms with Crippen molar-refractivity contribution in [2.24, 2.45) is 5.84 Å². The highest BCUT2D eigenvalue weighted by molar-refractivity contribution is 6.09. The first-order valence-electron chi connectivity index (χ1n) is 10.3. The van der Waals surface area contributed by atoms with Crippen molar-refractivity contribution in [2.45, 2.75) is 13.5 Å². The number of carbonyl (C=O) groups is 3. The Balaban J connectivity index is 1.88. The van der Waals surface area contributed by atoms with Gasteiger partial charge in [-0.3, -0.25) is 14.3 Å². The van der Waals surface area contributed by atoms with Crippen LogP contribution in [0.1, 0.15) is 23.0 Å². The van der Waals surface area contributed by atoms with Crippen molar-refractivity contribution < 1.29 is 14.4 Å². The summed E-state index contributed by atoms with van der Waals surface area (Å²) in [6.07, 6.45) is 1.94. The number of aromatic nitrogens is 2. The van der Waals surface area contributed by atoms with E-state index >= 15 is 0 Å². The Kier molecular flexibility index (Phi) is 5.96. The number of anilines is 3. The molecule has 11 heteroatoms. The standard InChI is InChI=1S/C22H24N8O3/c1-2-25-22(33)28-11-16-19(17(32)12-28)20(27-15-6-4-3-5-7-15)21(30(16)24)14-8-9-26-18(10-14)29(23)13-31/h3-10,13,27H,2,11-12,23-24H2,1H3,(H,25,33). The average Bonchev–Trinajstić information content (AvgIpc) is 3.11. The van der Waals surface area contributed by atoms with E-state index in [1.807, 2.05) is 37.3 Å². The first kappa shape index (κ1) is 21.8. The number of nitrogen functional groups attached to an aromatic ring is 1. The molecule has 0 fully saturated rings. The predicted octanol–water partition coefficient (Wildman–Crippen LogP) is 1.57. The van der Waals surface area contributed by atoms with Gasteiger partial charge in [0, 0.05) is 24.0 Å². The van der Waals surface area contributed by atoms with E-state index in [-0.39, 0.29) is 30.7 Å². The average molecular weight is 448 g/mol. The molecule has 6 N–H and O–H groups in total. The van der Waals surface area contributed by atoms with Gasteiger partial charge in [0.1, 0.15) is 5.82 Å². The van der Waals surface area contributed by atoms with Crippen LogP contribution in [-0.2, 0) is 11.3 Å². The monoisotopic (exact) mass is 448 g/mol. The molecule has 1 aromatic carbocycles. The smallest absolute Gasteiger partial charge is 0.318 e. The molecule has 0 bridgehead atoms. The quantitative estimate of drug-likeness (QED) is 0.193. The zero-order valence-corrected chi connectivity index (χ0v) is 18.0. The van der Waals surface area contributed by atoms with E-state index in [9.17, 15) is 14.4 Å². The van der Waals surface area contributed by atoms with E-state index in [1.165, 1.54) is 15.8 Å². The largest absolute Gasteiger partial charge is 0.353 e. The van der Waals surface area contributed by atoms with Crippen molar-refractivity contribution in [3.05, 3.63) is 59.9 Å². The summed E-state index contributed by atoms with van der Waals surface area (Å²) in [6, 6.07) is 12.3. The maximum atomic E-state index is 13.2. The number of amides is 3. The van der Waals surface area contributed by atoms with E-state index in [1.54, 1.807) is 12.1 Å². The lowest BCUT2D eigenvalue weighted by Gasteiger charge is -2.27. The molecule has 11 nitrogen and oxygen atoms in total. The maximum absolute atomic E-state index is 13.2. The number of hydrazine groups is 1. The Labute approximate surface area is 189 Å². The SMILES string of the molecule is CCNC(=O)N1CC(=O)c2c(Nc3ccccc3)c(-c3ccnc(N(N)C=O)c3)n(N)c2C1. The first-order chi connectivity index (χ1) is 15.9. The minimum absolute atomic E-state index is 0.0743. The van der Waals surface area contributed by atoms with Gasteiger partial charge in [0.25, 0.3) is 0 Å². The van der Waals surface area contributed by atoms with Crippen molar-refractivity contribution >= 4 is 35.4 Å². The minimum Gasteiger partial charge on any atom is -0.353 e. The van der Waals surface area contributed by atoms with Crippen molar-refractivity contribution in [3.8, 4) is 11.3 Å². The van der Waals surface area contributed by atoms with Crippen LogP contribution in [0.25, 0.3) is 11.3 Å². The third-order valence-corrected chi connectivity index (χ3v) is 5.32. The van der Waals surface area contributed by atoms with Crippen molar-refractivity contribution in [3.63, 3.8) is 0 Å². The van der Waals surface area contributed by atoms with Crippen LogP contribution < -0.4 is 27.3 Å². The molecule has 0 spiro atoms. The molecule has 3 amide bonds. The van der Waals surface area contributed by atoms with Gasteiger partial charge in [0.15, 0.2) is 5.78 Å². The van der Waals surface area contributed by atoms with Gasteiger partial charge >= 0.3 is 6.03 Å². The second-order valence-corrected chi connectivity index (χ2v) is 7.44. The van der Waals surface area contributed by atoms with E-state index in [0.29, 0.717) is 41.2 Å². The fraction of sp³-hybridized carbons (Fsp3) is 0.182. The molecule has 0 aliphatic carbocycles. The Morgan fingerprint density at radius 3 is 2.70 bits per heavy atom. The second kappa shape index (κ2) is 9.01. The lowest BCUT2D eigenvalue weighted by atomic mass is 10.0. The molecule has 33 heavy (non-hydrogen) atoms. The second-order valence-electron chi connectivity index (χ2n) is 7.44. The normalized spacial score (nSPS) is 12.8. The van der Waals surface area contributed by atoms with Gasteiger partial charge in [-0.25, -0.2) is 20.6 Å². The van der Waals surface area contributed by atoms with Crippen LogP contribution in [0, 0.1) is 0 Å². The zero-order chi connectivity index (χ0) is 23.5. The van der Waals surface area contributed by atoms with E-state index < -0.39 is 0 Å². The number of para-hydroxylation sites is 1. The summed E-state index contributed by atoms with van der Waals surface area (Å²) in [5.41, 5.74) is 3.25. The molecule has 0 radical (unpaired) electrons. The number of Topliss-reactive ketones (excluding diaryl/α,β-unsaturated/α-hetero) is 1. The number of fused-ring (bicyclic) bond motifs is 1. The zero-order valence-electron chi connectivity index (χ0n) is 18.0. The molecule has 0 saturated carbocycles. The molecule has 1 aliphatic rings. The summed E-state index contributed by atoms with van der Waals surface area (Å²) in [6.45, 7) is 2.33. The van der Waals surface area contributed by atoms with Crippen LogP contribution >= 0.6 is 0 Å². The predicted molar refractivity (Wildman–Crippen MR) is 124 cm³/mol. The van der Waals surface area contributed by atoms with Crippen LogP contribution in [0.4, 0.5) is 22.0 Å². The molecule has 0 saturated heterocycles. The van der Waals surface area contributed by atoms with Gasteiger partial charge in [0.2, 0.25) is 6.41 Å². The number of rotatable bonds is 6. The minimum atomic E-state index is -0.340. The lowest BCUT2D eigenvalue weighted by molar-refractivity contribution is -0.107. The fourth-order valence-electron chi connectivity index (χ4n) is 3.82. The molecule has 1 aliphatic heterocycles. The fourth-order valence-corrected chi connectivity index (χ4v) is 3.82. The number of hydrogen-bond donors (Lipinski definition) is 4. The summed E-state index contributed by atoms with van der Waals surface area (Å²) < 4.78 is 1.39. The van der Waals surface area contributed by atoms with Gasteiger partial charge in [-0.05, 0) is 31.2 Å². The van der Waals surface area contributed by atoms with Crippen molar-refractivity contribution in [1.29, 1.82) is 0 Å². The van der Waals surface area contributed by atoms with E-state index in [2.05, 4.69) is 15.6 Å². The lowest BCUT2D eigenvalue weighted by Crippen LogP contribution is -2.45. The number of nitrogens with two attached hydrogens (primary N) is 2. The van der Waals surface area contributed by atoms with Crippen LogP contribution in [0.15, 0.2) is 48.7 Å². The van der Waals surface area contributed by atoms with Crippen LogP contribution in [0.2, 0.25) is 0 Å². The molecular formula is C22H24N8O3. The van der Waals surface area contributed by atoms with Crippen LogP contribution in [0.3, 0.4) is 0 Å². The molecule has 0 atom stereocenters. The Hall–Kier alpha value is -4.38. The molecule has 170 valence electrons. The summed E-state index contributed by atoms with van der Waals surface area (Å²) in [7, 11) is 0. The molecular weight excluding hydrogens is 424 g/mol. The maximum Gasteiger partial charge on any atom is 0.318 e. The summed E-state index contributed by atoms with van der Waals surface area (Å²) >= 11 is 0. The Morgan fingerprint density at radius 1 is 1.24 bits per heavy atom. The molecule has 3 heterocycles.